The minimum atomic E-state index is -0.394. The molecule has 4 heterocycles. The summed E-state index contributed by atoms with van der Waals surface area (Å²) in [4.78, 5) is 17.8. The molecule has 0 radical (unpaired) electrons. The molecule has 35 heavy (non-hydrogen) atoms. The number of hydrogen-bond donors (Lipinski definition) is 0. The van der Waals surface area contributed by atoms with E-state index in [0.29, 0.717) is 30.2 Å². The standard InChI is InChI=1S/C27H26FN5O2/c28-23-5-1-2-6-24(23)33-26(31-10-3-4-11-31)22(18-29-33)27(34)32-14-12-30(13-15-32)19-20-7-8-25-21(17-20)9-16-35-25/h1-8,10-11,17-18H,9,12-16,19H2. The Bertz CT molecular complexity index is 1360. The van der Waals surface area contributed by atoms with Gasteiger partial charge in [0.05, 0.1) is 12.8 Å². The van der Waals surface area contributed by atoms with E-state index < -0.39 is 5.82 Å². The number of carbonyl (C=O) groups is 1. The zero-order chi connectivity index (χ0) is 23.8. The zero-order valence-electron chi connectivity index (χ0n) is 19.3. The van der Waals surface area contributed by atoms with Gasteiger partial charge in [-0.25, -0.2) is 9.07 Å². The summed E-state index contributed by atoms with van der Waals surface area (Å²) in [6.07, 6.45) is 6.19. The second-order valence-electron chi connectivity index (χ2n) is 8.94. The van der Waals surface area contributed by atoms with Crippen LogP contribution in [0.15, 0.2) is 73.2 Å². The summed E-state index contributed by atoms with van der Waals surface area (Å²) in [5.41, 5.74) is 3.31. The van der Waals surface area contributed by atoms with Crippen molar-refractivity contribution in [3.05, 3.63) is 95.7 Å². The number of nitrogens with zero attached hydrogens (tertiary/aromatic N) is 5. The predicted molar refractivity (Wildman–Crippen MR) is 130 cm³/mol. The van der Waals surface area contributed by atoms with E-state index in [0.717, 1.165) is 38.4 Å². The van der Waals surface area contributed by atoms with Crippen molar-refractivity contribution in [1.82, 2.24) is 24.1 Å². The number of rotatable bonds is 5. The number of halogens is 1. The number of ether oxygens (including phenoxy) is 1. The number of hydrogen-bond acceptors (Lipinski definition) is 4. The van der Waals surface area contributed by atoms with Gasteiger partial charge in [-0.15, -0.1) is 0 Å². The van der Waals surface area contributed by atoms with Crippen LogP contribution in [0.3, 0.4) is 0 Å². The van der Waals surface area contributed by atoms with Gasteiger partial charge in [0.15, 0.2) is 5.82 Å². The van der Waals surface area contributed by atoms with Crippen LogP contribution in [0.2, 0.25) is 0 Å². The van der Waals surface area contributed by atoms with Crippen LogP contribution >= 0.6 is 0 Å². The molecule has 1 fully saturated rings. The smallest absolute Gasteiger partial charge is 0.259 e. The van der Waals surface area contributed by atoms with Gasteiger partial charge in [0.2, 0.25) is 0 Å². The summed E-state index contributed by atoms with van der Waals surface area (Å²) in [6.45, 7) is 4.46. The molecule has 0 unspecified atom stereocenters. The van der Waals surface area contributed by atoms with E-state index in [2.05, 4.69) is 28.2 Å². The van der Waals surface area contributed by atoms with Gasteiger partial charge < -0.3 is 14.2 Å². The Hall–Kier alpha value is -3.91. The van der Waals surface area contributed by atoms with E-state index in [4.69, 9.17) is 4.74 Å². The number of benzene rings is 2. The summed E-state index contributed by atoms with van der Waals surface area (Å²) in [7, 11) is 0. The average Bonchev–Trinajstić information content (AvgIpc) is 3.64. The molecule has 1 saturated heterocycles. The molecule has 2 aliphatic rings. The molecule has 8 heteroatoms. The number of fused-ring (bicyclic) bond motifs is 1. The van der Waals surface area contributed by atoms with E-state index in [1.165, 1.54) is 21.9 Å². The summed E-state index contributed by atoms with van der Waals surface area (Å²) < 4.78 is 23.5. The van der Waals surface area contributed by atoms with Crippen LogP contribution in [0.4, 0.5) is 4.39 Å². The van der Waals surface area contributed by atoms with E-state index >= 15 is 0 Å². The van der Waals surface area contributed by atoms with Crippen LogP contribution in [0.5, 0.6) is 5.75 Å². The van der Waals surface area contributed by atoms with Crippen molar-refractivity contribution < 1.29 is 13.9 Å². The largest absolute Gasteiger partial charge is 0.493 e. The summed E-state index contributed by atoms with van der Waals surface area (Å²) >= 11 is 0. The highest BCUT2D eigenvalue weighted by atomic mass is 19.1. The summed E-state index contributed by atoms with van der Waals surface area (Å²) in [5, 5.41) is 4.41. The molecule has 1 amide bonds. The van der Waals surface area contributed by atoms with E-state index in [1.54, 1.807) is 29.0 Å². The molecule has 2 aromatic carbocycles. The van der Waals surface area contributed by atoms with Gasteiger partial charge >= 0.3 is 0 Å². The van der Waals surface area contributed by atoms with Gasteiger partial charge in [-0.2, -0.15) is 5.10 Å². The normalized spacial score (nSPS) is 15.7. The molecule has 0 N–H and O–H groups in total. The van der Waals surface area contributed by atoms with Crippen molar-refractivity contribution in [2.45, 2.75) is 13.0 Å². The number of carbonyl (C=O) groups excluding carboxylic acids is 1. The Morgan fingerprint density at radius 3 is 2.60 bits per heavy atom. The van der Waals surface area contributed by atoms with Crippen molar-refractivity contribution in [2.75, 3.05) is 32.8 Å². The van der Waals surface area contributed by atoms with Crippen molar-refractivity contribution in [3.8, 4) is 17.3 Å². The number of para-hydroxylation sites is 1. The number of piperazine rings is 1. The zero-order valence-corrected chi connectivity index (χ0v) is 19.3. The Labute approximate surface area is 202 Å². The van der Waals surface area contributed by atoms with Crippen molar-refractivity contribution >= 4 is 5.91 Å². The highest BCUT2D eigenvalue weighted by Gasteiger charge is 2.28. The lowest BCUT2D eigenvalue weighted by Crippen LogP contribution is -2.48. The molecule has 2 aliphatic heterocycles. The molecule has 4 aromatic rings. The Balaban J connectivity index is 1.20. The van der Waals surface area contributed by atoms with Crippen LogP contribution in [0.1, 0.15) is 21.5 Å². The van der Waals surface area contributed by atoms with E-state index in [1.807, 2.05) is 29.4 Å². The minimum Gasteiger partial charge on any atom is -0.493 e. The third kappa shape index (κ3) is 4.10. The summed E-state index contributed by atoms with van der Waals surface area (Å²) in [5.74, 6) is 1.05. The van der Waals surface area contributed by atoms with Crippen molar-refractivity contribution in [1.29, 1.82) is 0 Å². The second kappa shape index (κ2) is 9.03. The van der Waals surface area contributed by atoms with Gasteiger partial charge in [0.1, 0.15) is 22.8 Å². The Kier molecular flexibility index (Phi) is 5.58. The molecule has 2 aromatic heterocycles. The fraction of sp³-hybridized carbons (Fsp3) is 0.259. The molecule has 0 bridgehead atoms. The second-order valence-corrected chi connectivity index (χ2v) is 8.94. The average molecular weight is 472 g/mol. The fourth-order valence-corrected chi connectivity index (χ4v) is 4.89. The Morgan fingerprint density at radius 1 is 1.00 bits per heavy atom. The quantitative estimate of drug-likeness (QED) is 0.446. The van der Waals surface area contributed by atoms with Gasteiger partial charge in [-0.1, -0.05) is 24.3 Å². The minimum absolute atomic E-state index is 0.0920. The Morgan fingerprint density at radius 2 is 1.80 bits per heavy atom. The molecular weight excluding hydrogens is 445 g/mol. The van der Waals surface area contributed by atoms with Gasteiger partial charge in [-0.05, 0) is 41.5 Å². The molecule has 0 spiro atoms. The first kappa shape index (κ1) is 21.6. The van der Waals surface area contributed by atoms with Gasteiger partial charge in [0.25, 0.3) is 5.91 Å². The summed E-state index contributed by atoms with van der Waals surface area (Å²) in [6, 6.07) is 16.6. The highest BCUT2D eigenvalue weighted by molar-refractivity contribution is 5.97. The van der Waals surface area contributed by atoms with Crippen molar-refractivity contribution in [3.63, 3.8) is 0 Å². The molecule has 0 atom stereocenters. The maximum Gasteiger partial charge on any atom is 0.259 e. The maximum atomic E-state index is 14.6. The molecule has 6 rings (SSSR count). The van der Waals surface area contributed by atoms with Crippen LogP contribution in [0.25, 0.3) is 11.5 Å². The van der Waals surface area contributed by atoms with Crippen molar-refractivity contribution in [2.24, 2.45) is 0 Å². The third-order valence-corrected chi connectivity index (χ3v) is 6.72. The lowest BCUT2D eigenvalue weighted by Gasteiger charge is -2.34. The van der Waals surface area contributed by atoms with E-state index in [9.17, 15) is 9.18 Å². The number of aromatic nitrogens is 3. The predicted octanol–water partition coefficient (Wildman–Crippen LogP) is 3.70. The maximum absolute atomic E-state index is 14.6. The van der Waals surface area contributed by atoms with E-state index in [-0.39, 0.29) is 5.91 Å². The molecule has 178 valence electrons. The third-order valence-electron chi connectivity index (χ3n) is 6.72. The molecule has 0 aliphatic carbocycles. The van der Waals surface area contributed by atoms with Gasteiger partial charge in [-0.3, -0.25) is 9.69 Å². The first-order valence-corrected chi connectivity index (χ1v) is 11.9. The lowest BCUT2D eigenvalue weighted by molar-refractivity contribution is 0.0628. The van der Waals surface area contributed by atoms with Crippen LogP contribution in [-0.4, -0.2) is 62.8 Å². The van der Waals surface area contributed by atoms with Crippen LogP contribution in [-0.2, 0) is 13.0 Å². The lowest BCUT2D eigenvalue weighted by atomic mass is 10.1. The molecular formula is C27H26FN5O2. The van der Waals surface area contributed by atoms with Crippen LogP contribution < -0.4 is 4.74 Å². The highest BCUT2D eigenvalue weighted by Crippen LogP contribution is 2.27. The molecule has 0 saturated carbocycles. The fourth-order valence-electron chi connectivity index (χ4n) is 4.89. The van der Waals surface area contributed by atoms with Crippen LogP contribution in [0, 0.1) is 5.82 Å². The monoisotopic (exact) mass is 471 g/mol. The van der Waals surface area contributed by atoms with Gasteiger partial charge in [0, 0.05) is 51.5 Å². The number of amides is 1. The first-order valence-electron chi connectivity index (χ1n) is 11.9. The first-order chi connectivity index (χ1) is 17.2. The topological polar surface area (TPSA) is 55.5 Å². The SMILES string of the molecule is O=C(c1cnn(-c2ccccc2F)c1-n1cccc1)N1CCN(Cc2ccc3c(c2)CCO3)CC1. The molecule has 7 nitrogen and oxygen atoms in total.